The van der Waals surface area contributed by atoms with Crippen LogP contribution in [0.15, 0.2) is 63.9 Å². The average molecular weight is 363 g/mol. The minimum Gasteiger partial charge on any atom is -0.354 e. The Kier molecular flexibility index (Phi) is 4.39. The van der Waals surface area contributed by atoms with Gasteiger partial charge >= 0.3 is 5.76 Å². The number of aromatic nitrogens is 2. The van der Waals surface area contributed by atoms with E-state index in [1.54, 1.807) is 0 Å². The fourth-order valence-corrected chi connectivity index (χ4v) is 3.40. The highest BCUT2D eigenvalue weighted by molar-refractivity contribution is 5.76. The number of carbonyl (C=O) groups excluding carboxylic acids is 1. The van der Waals surface area contributed by atoms with Crippen molar-refractivity contribution < 1.29 is 9.32 Å². The summed E-state index contributed by atoms with van der Waals surface area (Å²) in [5, 5.41) is 6.84. The smallest absolute Gasteiger partial charge is 0.354 e. The van der Waals surface area contributed by atoms with Crippen molar-refractivity contribution in [2.75, 3.05) is 6.54 Å². The van der Waals surface area contributed by atoms with E-state index in [-0.39, 0.29) is 17.9 Å². The van der Waals surface area contributed by atoms with E-state index in [2.05, 4.69) is 22.6 Å². The van der Waals surface area contributed by atoms with Crippen LogP contribution in [0.1, 0.15) is 24.0 Å². The van der Waals surface area contributed by atoms with Crippen molar-refractivity contribution in [1.29, 1.82) is 0 Å². The molecule has 138 valence electrons. The summed E-state index contributed by atoms with van der Waals surface area (Å²) in [7, 11) is 0. The molecule has 0 saturated heterocycles. The van der Waals surface area contributed by atoms with Gasteiger partial charge in [-0.1, -0.05) is 59.8 Å². The van der Waals surface area contributed by atoms with Crippen LogP contribution >= 0.6 is 0 Å². The van der Waals surface area contributed by atoms with E-state index in [1.165, 1.54) is 10.1 Å². The maximum Gasteiger partial charge on any atom is 0.442 e. The number of rotatable bonds is 6. The molecule has 27 heavy (non-hydrogen) atoms. The summed E-state index contributed by atoms with van der Waals surface area (Å²) in [6, 6.07) is 17.8. The molecule has 0 unspecified atom stereocenters. The van der Waals surface area contributed by atoms with Gasteiger partial charge in [0.05, 0.1) is 0 Å². The standard InChI is InChI=1S/C21H21N3O3/c1-15-7-5-6-10-17(15)19-23-27-20(26)24(19)13-18(25)22-14-21(11-12-21)16-8-3-2-4-9-16/h2-10H,11-14H2,1H3,(H,22,25). The maximum absolute atomic E-state index is 12.5. The molecule has 1 N–H and O–H groups in total. The van der Waals surface area contributed by atoms with Crippen LogP contribution in [0.2, 0.25) is 0 Å². The fraction of sp³-hybridized carbons (Fsp3) is 0.286. The van der Waals surface area contributed by atoms with Crippen LogP contribution in [0, 0.1) is 6.92 Å². The van der Waals surface area contributed by atoms with Crippen LogP contribution in [0.3, 0.4) is 0 Å². The van der Waals surface area contributed by atoms with Gasteiger partial charge in [-0.25, -0.2) is 9.36 Å². The van der Waals surface area contributed by atoms with Crippen LogP contribution in [-0.4, -0.2) is 22.2 Å². The van der Waals surface area contributed by atoms with E-state index in [4.69, 9.17) is 4.52 Å². The van der Waals surface area contributed by atoms with Gasteiger partial charge in [-0.3, -0.25) is 9.32 Å². The number of nitrogens with one attached hydrogen (secondary N) is 1. The van der Waals surface area contributed by atoms with Gasteiger partial charge in [0.15, 0.2) is 5.82 Å². The molecule has 1 amide bonds. The zero-order valence-electron chi connectivity index (χ0n) is 15.1. The second-order valence-corrected chi connectivity index (χ2v) is 7.10. The van der Waals surface area contributed by atoms with Gasteiger partial charge in [-0.2, -0.15) is 0 Å². The Bertz CT molecular complexity index is 1020. The highest BCUT2D eigenvalue weighted by Crippen LogP contribution is 2.47. The first-order chi connectivity index (χ1) is 13.1. The molecule has 0 spiro atoms. The summed E-state index contributed by atoms with van der Waals surface area (Å²) in [6.45, 7) is 2.38. The molecule has 6 nitrogen and oxygen atoms in total. The Labute approximate surface area is 156 Å². The Morgan fingerprint density at radius 1 is 1.15 bits per heavy atom. The summed E-state index contributed by atoms with van der Waals surface area (Å²) >= 11 is 0. The molecule has 0 bridgehead atoms. The van der Waals surface area contributed by atoms with Crippen LogP contribution in [0.5, 0.6) is 0 Å². The molecule has 3 aromatic rings. The Hall–Kier alpha value is -3.15. The zero-order valence-corrected chi connectivity index (χ0v) is 15.1. The maximum atomic E-state index is 12.5. The van der Waals surface area contributed by atoms with Gasteiger partial charge in [-0.15, -0.1) is 0 Å². The molecule has 1 aliphatic carbocycles. The van der Waals surface area contributed by atoms with Crippen molar-refractivity contribution >= 4 is 5.91 Å². The van der Waals surface area contributed by atoms with E-state index in [9.17, 15) is 9.59 Å². The third kappa shape index (κ3) is 3.43. The van der Waals surface area contributed by atoms with E-state index < -0.39 is 5.76 Å². The quantitative estimate of drug-likeness (QED) is 0.730. The van der Waals surface area contributed by atoms with Crippen molar-refractivity contribution in [1.82, 2.24) is 15.0 Å². The number of benzene rings is 2. The van der Waals surface area contributed by atoms with Gasteiger partial charge < -0.3 is 5.32 Å². The van der Waals surface area contributed by atoms with Crippen LogP contribution in [-0.2, 0) is 16.8 Å². The SMILES string of the molecule is Cc1ccccc1-c1noc(=O)n1CC(=O)NCC1(c2ccccc2)CC1. The van der Waals surface area contributed by atoms with Gasteiger partial charge in [0.25, 0.3) is 0 Å². The monoisotopic (exact) mass is 363 g/mol. The van der Waals surface area contributed by atoms with Crippen molar-refractivity contribution in [2.45, 2.75) is 31.7 Å². The molecular weight excluding hydrogens is 342 g/mol. The number of hydrogen-bond donors (Lipinski definition) is 1. The Morgan fingerprint density at radius 2 is 1.85 bits per heavy atom. The summed E-state index contributed by atoms with van der Waals surface area (Å²) in [6.07, 6.45) is 2.11. The molecule has 2 aromatic carbocycles. The summed E-state index contributed by atoms with van der Waals surface area (Å²) in [4.78, 5) is 24.5. The number of aryl methyl sites for hydroxylation is 1. The van der Waals surface area contributed by atoms with Crippen LogP contribution in [0.25, 0.3) is 11.4 Å². The zero-order chi connectivity index (χ0) is 18.9. The lowest BCUT2D eigenvalue weighted by molar-refractivity contribution is -0.121. The molecular formula is C21H21N3O3. The second kappa shape index (κ2) is 6.87. The lowest BCUT2D eigenvalue weighted by Crippen LogP contribution is -2.36. The van der Waals surface area contributed by atoms with Gasteiger partial charge in [-0.05, 0) is 30.9 Å². The molecule has 0 radical (unpaired) electrons. The summed E-state index contributed by atoms with van der Waals surface area (Å²) in [5.74, 6) is -0.484. The molecule has 4 rings (SSSR count). The number of carbonyl (C=O) groups is 1. The first-order valence-corrected chi connectivity index (χ1v) is 9.04. The number of amides is 1. The average Bonchev–Trinajstić information content (AvgIpc) is 3.41. The van der Waals surface area contributed by atoms with E-state index >= 15 is 0 Å². The van der Waals surface area contributed by atoms with E-state index in [1.807, 2.05) is 49.4 Å². The van der Waals surface area contributed by atoms with Crippen LogP contribution < -0.4 is 11.1 Å². The minimum absolute atomic E-state index is 0.0232. The van der Waals surface area contributed by atoms with E-state index in [0.717, 1.165) is 24.0 Å². The van der Waals surface area contributed by atoms with Crippen molar-refractivity contribution in [3.8, 4) is 11.4 Å². The number of nitrogens with zero attached hydrogens (tertiary/aromatic N) is 2. The Balaban J connectivity index is 1.48. The largest absolute Gasteiger partial charge is 0.442 e. The number of hydrogen-bond acceptors (Lipinski definition) is 4. The first-order valence-electron chi connectivity index (χ1n) is 9.04. The molecule has 1 aliphatic rings. The predicted molar refractivity (Wildman–Crippen MR) is 101 cm³/mol. The fourth-order valence-electron chi connectivity index (χ4n) is 3.40. The molecule has 0 aliphatic heterocycles. The van der Waals surface area contributed by atoms with Crippen molar-refractivity contribution in [3.63, 3.8) is 0 Å². The van der Waals surface area contributed by atoms with Gasteiger partial charge in [0.1, 0.15) is 6.54 Å². The van der Waals surface area contributed by atoms with Crippen molar-refractivity contribution in [3.05, 3.63) is 76.3 Å². The van der Waals surface area contributed by atoms with Gasteiger partial charge in [0, 0.05) is 17.5 Å². The normalized spacial score (nSPS) is 14.7. The first kappa shape index (κ1) is 17.3. The topological polar surface area (TPSA) is 77.1 Å². The van der Waals surface area contributed by atoms with Crippen LogP contribution in [0.4, 0.5) is 0 Å². The third-order valence-corrected chi connectivity index (χ3v) is 5.24. The summed E-state index contributed by atoms with van der Waals surface area (Å²) in [5.41, 5.74) is 3.00. The third-order valence-electron chi connectivity index (χ3n) is 5.24. The second-order valence-electron chi connectivity index (χ2n) is 7.10. The van der Waals surface area contributed by atoms with Crippen molar-refractivity contribution in [2.24, 2.45) is 0 Å². The predicted octanol–water partition coefficient (Wildman–Crippen LogP) is 2.66. The molecule has 6 heteroatoms. The molecule has 1 heterocycles. The lowest BCUT2D eigenvalue weighted by atomic mass is 9.96. The Morgan fingerprint density at radius 3 is 2.56 bits per heavy atom. The highest BCUT2D eigenvalue weighted by Gasteiger charge is 2.44. The lowest BCUT2D eigenvalue weighted by Gasteiger charge is -2.16. The minimum atomic E-state index is -0.632. The summed E-state index contributed by atoms with van der Waals surface area (Å²) < 4.78 is 6.09. The van der Waals surface area contributed by atoms with Gasteiger partial charge in [0.2, 0.25) is 5.91 Å². The van der Waals surface area contributed by atoms with E-state index in [0.29, 0.717) is 12.4 Å². The molecule has 1 aromatic heterocycles. The molecule has 1 saturated carbocycles. The molecule has 1 fully saturated rings. The molecule has 0 atom stereocenters. The highest BCUT2D eigenvalue weighted by atomic mass is 16.5.